The Labute approximate surface area is 104 Å². The molecule has 0 bridgehead atoms. The van der Waals surface area contributed by atoms with Gasteiger partial charge in [-0.25, -0.2) is 4.68 Å². The van der Waals surface area contributed by atoms with Crippen molar-refractivity contribution in [1.82, 2.24) is 25.2 Å². The van der Waals surface area contributed by atoms with Crippen molar-refractivity contribution in [3.8, 4) is 0 Å². The van der Waals surface area contributed by atoms with Crippen LogP contribution in [0.2, 0.25) is 0 Å². The summed E-state index contributed by atoms with van der Waals surface area (Å²) in [6, 6.07) is 0. The molecule has 0 unspecified atom stereocenters. The van der Waals surface area contributed by atoms with Crippen LogP contribution >= 0.6 is 0 Å². The van der Waals surface area contributed by atoms with E-state index in [1.54, 1.807) is 6.20 Å². The molecule has 96 valence electrons. The van der Waals surface area contributed by atoms with Gasteiger partial charge in [-0.15, -0.1) is 5.10 Å². The Kier molecular flexibility index (Phi) is 3.38. The number of hydrogen-bond donors (Lipinski definition) is 3. The average Bonchev–Trinajstić information content (AvgIpc) is 2.91. The van der Waals surface area contributed by atoms with Crippen LogP contribution in [-0.2, 0) is 17.9 Å². The Morgan fingerprint density at radius 2 is 2.33 bits per heavy atom. The standard InChI is InChI=1S/C10H15N7O/c1-6-10(7(2)14-13-6)12-9(18)5-17-4-8(3-11)15-16-17/h4H,3,5,11H2,1-2H3,(H,12,18)(H,13,14). The highest BCUT2D eigenvalue weighted by Gasteiger charge is 2.11. The zero-order valence-corrected chi connectivity index (χ0v) is 10.3. The third-order valence-electron chi connectivity index (χ3n) is 2.49. The molecule has 2 heterocycles. The maximum absolute atomic E-state index is 11.8. The Hall–Kier alpha value is -2.22. The lowest BCUT2D eigenvalue weighted by atomic mass is 10.3. The predicted octanol–water partition coefficient (Wildman–Crippen LogP) is -0.285. The molecule has 2 aromatic heterocycles. The van der Waals surface area contributed by atoms with Crippen molar-refractivity contribution in [2.45, 2.75) is 26.9 Å². The van der Waals surface area contributed by atoms with Crippen LogP contribution in [0.5, 0.6) is 0 Å². The number of aromatic amines is 1. The molecule has 0 aliphatic heterocycles. The minimum Gasteiger partial charge on any atom is -0.325 e. The van der Waals surface area contributed by atoms with Crippen LogP contribution < -0.4 is 11.1 Å². The second-order valence-electron chi connectivity index (χ2n) is 3.97. The molecule has 0 aromatic carbocycles. The van der Waals surface area contributed by atoms with Crippen LogP contribution in [-0.4, -0.2) is 31.1 Å². The topological polar surface area (TPSA) is 115 Å². The van der Waals surface area contributed by atoms with Crippen molar-refractivity contribution in [2.24, 2.45) is 5.73 Å². The minimum absolute atomic E-state index is 0.0943. The van der Waals surface area contributed by atoms with Gasteiger partial charge in [-0.2, -0.15) is 5.10 Å². The lowest BCUT2D eigenvalue weighted by Gasteiger charge is -2.04. The molecule has 8 nitrogen and oxygen atoms in total. The molecule has 2 rings (SSSR count). The van der Waals surface area contributed by atoms with Crippen molar-refractivity contribution < 1.29 is 4.79 Å². The van der Waals surface area contributed by atoms with E-state index in [4.69, 9.17) is 5.73 Å². The SMILES string of the molecule is Cc1n[nH]c(C)c1NC(=O)Cn1cc(CN)nn1. The van der Waals surface area contributed by atoms with Gasteiger partial charge >= 0.3 is 0 Å². The molecule has 4 N–H and O–H groups in total. The van der Waals surface area contributed by atoms with Gasteiger partial charge in [-0.3, -0.25) is 9.89 Å². The van der Waals surface area contributed by atoms with E-state index in [9.17, 15) is 4.79 Å². The van der Waals surface area contributed by atoms with Gasteiger partial charge in [0, 0.05) is 6.54 Å². The van der Waals surface area contributed by atoms with E-state index in [1.165, 1.54) is 4.68 Å². The lowest BCUT2D eigenvalue weighted by Crippen LogP contribution is -2.19. The fourth-order valence-electron chi connectivity index (χ4n) is 1.57. The summed E-state index contributed by atoms with van der Waals surface area (Å²) in [5.41, 5.74) is 8.35. The van der Waals surface area contributed by atoms with Gasteiger partial charge in [0.25, 0.3) is 0 Å². The fraction of sp³-hybridized carbons (Fsp3) is 0.400. The molecule has 0 aliphatic carbocycles. The van der Waals surface area contributed by atoms with Gasteiger partial charge < -0.3 is 11.1 Å². The van der Waals surface area contributed by atoms with Crippen LogP contribution in [0.1, 0.15) is 17.1 Å². The number of nitrogens with two attached hydrogens (primary N) is 1. The van der Waals surface area contributed by atoms with E-state index in [1.807, 2.05) is 13.8 Å². The third kappa shape index (κ3) is 2.54. The summed E-state index contributed by atoms with van der Waals surface area (Å²) in [7, 11) is 0. The number of H-pyrrole nitrogens is 1. The molecular formula is C10H15N7O. The number of carbonyl (C=O) groups excluding carboxylic acids is 1. The number of nitrogens with one attached hydrogen (secondary N) is 2. The van der Waals surface area contributed by atoms with Crippen molar-refractivity contribution in [3.63, 3.8) is 0 Å². The van der Waals surface area contributed by atoms with Gasteiger partial charge in [0.15, 0.2) is 0 Å². The summed E-state index contributed by atoms with van der Waals surface area (Å²) in [6.45, 7) is 4.07. The van der Waals surface area contributed by atoms with Crippen LogP contribution in [0.15, 0.2) is 6.20 Å². The fourth-order valence-corrected chi connectivity index (χ4v) is 1.57. The summed E-state index contributed by atoms with van der Waals surface area (Å²) in [6.07, 6.45) is 1.65. The molecule has 0 saturated carbocycles. The molecular weight excluding hydrogens is 234 g/mol. The Balaban J connectivity index is 2.01. The molecule has 1 amide bonds. The van der Waals surface area contributed by atoms with Crippen LogP contribution in [0, 0.1) is 13.8 Å². The van der Waals surface area contributed by atoms with E-state index in [0.29, 0.717) is 17.9 Å². The van der Waals surface area contributed by atoms with Crippen LogP contribution in [0.3, 0.4) is 0 Å². The van der Waals surface area contributed by atoms with Crippen molar-refractivity contribution in [1.29, 1.82) is 0 Å². The molecule has 0 aliphatic rings. The van der Waals surface area contributed by atoms with E-state index in [-0.39, 0.29) is 12.5 Å². The highest BCUT2D eigenvalue weighted by Crippen LogP contribution is 2.15. The van der Waals surface area contributed by atoms with Gasteiger partial charge in [0.2, 0.25) is 5.91 Å². The van der Waals surface area contributed by atoms with E-state index >= 15 is 0 Å². The Morgan fingerprint density at radius 1 is 1.56 bits per heavy atom. The third-order valence-corrected chi connectivity index (χ3v) is 2.49. The number of nitrogens with zero attached hydrogens (tertiary/aromatic N) is 4. The molecule has 0 spiro atoms. The Morgan fingerprint density at radius 3 is 2.89 bits per heavy atom. The normalized spacial score (nSPS) is 10.6. The van der Waals surface area contributed by atoms with E-state index in [2.05, 4.69) is 25.8 Å². The first-order valence-corrected chi connectivity index (χ1v) is 5.50. The molecule has 0 atom stereocenters. The van der Waals surface area contributed by atoms with E-state index < -0.39 is 0 Å². The first-order chi connectivity index (χ1) is 8.60. The van der Waals surface area contributed by atoms with Gasteiger partial charge in [-0.05, 0) is 13.8 Å². The molecule has 0 radical (unpaired) electrons. The second-order valence-corrected chi connectivity index (χ2v) is 3.97. The first-order valence-electron chi connectivity index (χ1n) is 5.50. The monoisotopic (exact) mass is 249 g/mol. The molecule has 2 aromatic rings. The second kappa shape index (κ2) is 4.96. The predicted molar refractivity (Wildman–Crippen MR) is 64.6 cm³/mol. The van der Waals surface area contributed by atoms with Crippen LogP contribution in [0.25, 0.3) is 0 Å². The highest BCUT2D eigenvalue weighted by molar-refractivity contribution is 5.91. The number of hydrogen-bond acceptors (Lipinski definition) is 5. The van der Waals surface area contributed by atoms with Crippen molar-refractivity contribution >= 4 is 11.6 Å². The average molecular weight is 249 g/mol. The van der Waals surface area contributed by atoms with Crippen LogP contribution in [0.4, 0.5) is 5.69 Å². The zero-order chi connectivity index (χ0) is 13.1. The van der Waals surface area contributed by atoms with E-state index in [0.717, 1.165) is 11.4 Å². The number of anilines is 1. The van der Waals surface area contributed by atoms with Gasteiger partial charge in [-0.1, -0.05) is 5.21 Å². The maximum atomic E-state index is 11.8. The minimum atomic E-state index is -0.184. The molecule has 18 heavy (non-hydrogen) atoms. The number of aryl methyl sites for hydroxylation is 2. The summed E-state index contributed by atoms with van der Waals surface area (Å²) < 4.78 is 1.45. The maximum Gasteiger partial charge on any atom is 0.246 e. The summed E-state index contributed by atoms with van der Waals surface area (Å²) in [5, 5.41) is 17.2. The quantitative estimate of drug-likeness (QED) is 0.689. The summed E-state index contributed by atoms with van der Waals surface area (Å²) in [4.78, 5) is 11.8. The summed E-state index contributed by atoms with van der Waals surface area (Å²) in [5.74, 6) is -0.184. The molecule has 8 heteroatoms. The Bertz CT molecular complexity index is 537. The highest BCUT2D eigenvalue weighted by atomic mass is 16.2. The van der Waals surface area contributed by atoms with Crippen molar-refractivity contribution in [3.05, 3.63) is 23.3 Å². The molecule has 0 saturated heterocycles. The van der Waals surface area contributed by atoms with Crippen molar-refractivity contribution in [2.75, 3.05) is 5.32 Å². The first kappa shape index (κ1) is 12.2. The smallest absolute Gasteiger partial charge is 0.246 e. The van der Waals surface area contributed by atoms with Gasteiger partial charge in [0.05, 0.1) is 29.0 Å². The molecule has 0 fully saturated rings. The zero-order valence-electron chi connectivity index (χ0n) is 10.3. The number of rotatable bonds is 4. The van der Waals surface area contributed by atoms with Gasteiger partial charge in [0.1, 0.15) is 6.54 Å². The number of aromatic nitrogens is 5. The summed E-state index contributed by atoms with van der Waals surface area (Å²) >= 11 is 0. The largest absolute Gasteiger partial charge is 0.325 e. The number of amides is 1. The lowest BCUT2D eigenvalue weighted by molar-refractivity contribution is -0.116. The number of carbonyl (C=O) groups is 1.